The molecule has 2 aliphatic rings. The number of hydrogen-bond acceptors (Lipinski definition) is 4. The number of hydrogen-bond donors (Lipinski definition) is 1. The fourth-order valence-electron chi connectivity index (χ4n) is 2.57. The van der Waals surface area contributed by atoms with Crippen LogP contribution in [0.1, 0.15) is 31.2 Å². The summed E-state index contributed by atoms with van der Waals surface area (Å²) in [4.78, 5) is 0. The second kappa shape index (κ2) is 5.25. The van der Waals surface area contributed by atoms with Crippen molar-refractivity contribution in [3.63, 3.8) is 0 Å². The van der Waals surface area contributed by atoms with Gasteiger partial charge < -0.3 is 15.2 Å². The molecule has 2 N–H and O–H groups in total. The molecule has 2 fully saturated rings. The zero-order valence-corrected chi connectivity index (χ0v) is 12.2. The molecule has 0 radical (unpaired) electrons. The molecule has 1 aromatic rings. The van der Waals surface area contributed by atoms with E-state index in [-0.39, 0.29) is 11.6 Å². The number of para-hydroxylation sites is 1. The molecular formula is C15H21NO2S. The Morgan fingerprint density at radius 3 is 2.84 bits per heavy atom. The highest BCUT2D eigenvalue weighted by Gasteiger charge is 2.43. The minimum Gasteiger partial charge on any atom is -0.493 e. The fraction of sp³-hybridized carbons (Fsp3) is 0.600. The van der Waals surface area contributed by atoms with Crippen LogP contribution < -0.4 is 15.2 Å². The zero-order valence-electron chi connectivity index (χ0n) is 11.4. The first kappa shape index (κ1) is 13.1. The van der Waals surface area contributed by atoms with Gasteiger partial charge in [-0.2, -0.15) is 11.8 Å². The smallest absolute Gasteiger partial charge is 0.166 e. The predicted molar refractivity (Wildman–Crippen MR) is 79.1 cm³/mol. The summed E-state index contributed by atoms with van der Waals surface area (Å²) in [7, 11) is 1.69. The van der Waals surface area contributed by atoms with Gasteiger partial charge in [0, 0.05) is 16.9 Å². The van der Waals surface area contributed by atoms with E-state index >= 15 is 0 Å². The van der Waals surface area contributed by atoms with Crippen molar-refractivity contribution >= 4 is 11.8 Å². The molecule has 104 valence electrons. The van der Waals surface area contributed by atoms with Crippen molar-refractivity contribution < 1.29 is 9.47 Å². The minimum atomic E-state index is -0.189. The van der Waals surface area contributed by atoms with Crippen molar-refractivity contribution in [1.29, 1.82) is 0 Å². The second-order valence-electron chi connectivity index (χ2n) is 5.45. The molecule has 3 rings (SSSR count). The highest BCUT2D eigenvalue weighted by atomic mass is 32.2. The Balaban J connectivity index is 1.88. The molecule has 1 aromatic carbocycles. The number of benzene rings is 1. The van der Waals surface area contributed by atoms with Crippen LogP contribution in [0, 0.1) is 0 Å². The van der Waals surface area contributed by atoms with Crippen molar-refractivity contribution in [2.75, 3.05) is 18.6 Å². The van der Waals surface area contributed by atoms with Crippen molar-refractivity contribution in [3.05, 3.63) is 23.8 Å². The third-order valence-corrected chi connectivity index (χ3v) is 5.11. The molecule has 1 heterocycles. The highest BCUT2D eigenvalue weighted by molar-refractivity contribution is 7.99. The van der Waals surface area contributed by atoms with Crippen molar-refractivity contribution in [3.8, 4) is 11.5 Å². The van der Waals surface area contributed by atoms with E-state index in [4.69, 9.17) is 15.2 Å². The average molecular weight is 279 g/mol. The van der Waals surface area contributed by atoms with Crippen LogP contribution in [-0.2, 0) is 5.54 Å². The van der Waals surface area contributed by atoms with Crippen LogP contribution in [0.25, 0.3) is 0 Å². The Hall–Kier alpha value is -0.870. The predicted octanol–water partition coefficient (Wildman–Crippen LogP) is 2.92. The lowest BCUT2D eigenvalue weighted by Gasteiger charge is -2.26. The number of ether oxygens (including phenoxy) is 2. The fourth-order valence-corrected chi connectivity index (χ4v) is 3.60. The maximum absolute atomic E-state index is 6.36. The number of methoxy groups -OCH3 is 1. The number of nitrogens with two attached hydrogens (primary N) is 1. The molecule has 0 amide bonds. The molecule has 1 saturated heterocycles. The Morgan fingerprint density at radius 2 is 2.21 bits per heavy atom. The van der Waals surface area contributed by atoms with Gasteiger partial charge in [-0.3, -0.25) is 0 Å². The van der Waals surface area contributed by atoms with Crippen molar-refractivity contribution in [1.82, 2.24) is 0 Å². The van der Waals surface area contributed by atoms with Gasteiger partial charge in [0.1, 0.15) is 6.10 Å². The van der Waals surface area contributed by atoms with E-state index in [2.05, 4.69) is 6.07 Å². The van der Waals surface area contributed by atoms with E-state index in [9.17, 15) is 0 Å². The zero-order chi connectivity index (χ0) is 13.3. The summed E-state index contributed by atoms with van der Waals surface area (Å²) < 4.78 is 11.7. The first-order valence-corrected chi connectivity index (χ1v) is 8.09. The molecule has 3 nitrogen and oxygen atoms in total. The molecule has 1 aliphatic heterocycles. The van der Waals surface area contributed by atoms with Crippen LogP contribution in [0.15, 0.2) is 18.2 Å². The first-order valence-electron chi connectivity index (χ1n) is 6.94. The molecular weight excluding hydrogens is 258 g/mol. The minimum absolute atomic E-state index is 0.189. The lowest BCUT2D eigenvalue weighted by molar-refractivity contribution is 0.199. The first-order chi connectivity index (χ1) is 9.23. The Kier molecular flexibility index (Phi) is 3.63. The lowest BCUT2D eigenvalue weighted by atomic mass is 10.0. The summed E-state index contributed by atoms with van der Waals surface area (Å²) in [5.74, 6) is 4.00. The maximum Gasteiger partial charge on any atom is 0.166 e. The van der Waals surface area contributed by atoms with Gasteiger partial charge in [0.25, 0.3) is 0 Å². The van der Waals surface area contributed by atoms with Crippen LogP contribution in [0.5, 0.6) is 11.5 Å². The molecule has 1 saturated carbocycles. The average Bonchev–Trinajstić information content (AvgIpc) is 3.19. The third kappa shape index (κ3) is 2.70. The van der Waals surface area contributed by atoms with Gasteiger partial charge in [-0.25, -0.2) is 0 Å². The van der Waals surface area contributed by atoms with Crippen LogP contribution >= 0.6 is 11.8 Å². The van der Waals surface area contributed by atoms with E-state index in [0.717, 1.165) is 42.1 Å². The van der Waals surface area contributed by atoms with Gasteiger partial charge in [-0.15, -0.1) is 0 Å². The normalized spacial score (nSPS) is 24.8. The van der Waals surface area contributed by atoms with Gasteiger partial charge in [-0.1, -0.05) is 12.1 Å². The van der Waals surface area contributed by atoms with E-state index in [1.54, 1.807) is 7.11 Å². The molecule has 1 atom stereocenters. The Bertz CT molecular complexity index is 453. The van der Waals surface area contributed by atoms with Gasteiger partial charge in [0.05, 0.1) is 7.11 Å². The third-order valence-electron chi connectivity index (χ3n) is 3.93. The lowest BCUT2D eigenvalue weighted by Crippen LogP contribution is -2.26. The number of rotatable bonds is 4. The largest absolute Gasteiger partial charge is 0.493 e. The van der Waals surface area contributed by atoms with Crippen LogP contribution in [-0.4, -0.2) is 24.7 Å². The highest BCUT2D eigenvalue weighted by Crippen LogP contribution is 2.49. The van der Waals surface area contributed by atoms with E-state index in [0.29, 0.717) is 0 Å². The van der Waals surface area contributed by atoms with Gasteiger partial charge in [0.15, 0.2) is 11.5 Å². The second-order valence-corrected chi connectivity index (χ2v) is 6.60. The molecule has 0 bridgehead atoms. The summed E-state index contributed by atoms with van der Waals surface area (Å²) in [6.07, 6.45) is 4.72. The van der Waals surface area contributed by atoms with Crippen molar-refractivity contribution in [2.24, 2.45) is 5.73 Å². The van der Waals surface area contributed by atoms with E-state index < -0.39 is 0 Å². The van der Waals surface area contributed by atoms with E-state index in [1.165, 1.54) is 12.2 Å². The van der Waals surface area contributed by atoms with Crippen LogP contribution in [0.2, 0.25) is 0 Å². The Morgan fingerprint density at radius 1 is 1.37 bits per heavy atom. The van der Waals surface area contributed by atoms with E-state index in [1.807, 2.05) is 23.9 Å². The molecule has 0 aromatic heterocycles. The standard InChI is InChI=1S/C15H21NO2S/c1-17-13-6-2-5-12(15(16)7-8-15)14(13)18-11-4-3-9-19-10-11/h2,5-6,11H,3-4,7-10,16H2,1H3. The maximum atomic E-state index is 6.36. The quantitative estimate of drug-likeness (QED) is 0.920. The monoisotopic (exact) mass is 279 g/mol. The molecule has 0 spiro atoms. The van der Waals surface area contributed by atoms with Gasteiger partial charge in [-0.05, 0) is 37.5 Å². The van der Waals surface area contributed by atoms with Crippen LogP contribution in [0.4, 0.5) is 0 Å². The summed E-state index contributed by atoms with van der Waals surface area (Å²) in [6.45, 7) is 0. The van der Waals surface area contributed by atoms with Gasteiger partial charge >= 0.3 is 0 Å². The Labute approximate surface area is 118 Å². The molecule has 4 heteroatoms. The SMILES string of the molecule is COc1cccc(C2(N)CC2)c1OC1CCCSC1. The summed E-state index contributed by atoms with van der Waals surface area (Å²) in [5.41, 5.74) is 7.28. The number of thioether (sulfide) groups is 1. The summed E-state index contributed by atoms with van der Waals surface area (Å²) >= 11 is 1.97. The molecule has 1 unspecified atom stereocenters. The van der Waals surface area contributed by atoms with Crippen LogP contribution in [0.3, 0.4) is 0 Å². The van der Waals surface area contributed by atoms with Crippen molar-refractivity contribution in [2.45, 2.75) is 37.3 Å². The molecule has 19 heavy (non-hydrogen) atoms. The van der Waals surface area contributed by atoms with Gasteiger partial charge in [0.2, 0.25) is 0 Å². The summed E-state index contributed by atoms with van der Waals surface area (Å²) in [5, 5.41) is 0. The molecule has 1 aliphatic carbocycles. The topological polar surface area (TPSA) is 44.5 Å². The summed E-state index contributed by atoms with van der Waals surface area (Å²) in [6, 6.07) is 6.05.